The van der Waals surface area contributed by atoms with Crippen molar-refractivity contribution >= 4 is 17.5 Å². The first-order valence-corrected chi connectivity index (χ1v) is 4.68. The molecule has 0 saturated heterocycles. The summed E-state index contributed by atoms with van der Waals surface area (Å²) in [6.07, 6.45) is 0. The van der Waals surface area contributed by atoms with Crippen LogP contribution >= 0.6 is 11.6 Å². The van der Waals surface area contributed by atoms with Crippen molar-refractivity contribution in [3.63, 3.8) is 0 Å². The van der Waals surface area contributed by atoms with Gasteiger partial charge < -0.3 is 10.4 Å². The molecule has 0 unspecified atom stereocenters. The zero-order valence-electron chi connectivity index (χ0n) is 7.88. The summed E-state index contributed by atoms with van der Waals surface area (Å²) in [5.41, 5.74) is 1.41. The molecule has 0 radical (unpaired) electrons. The van der Waals surface area contributed by atoms with Crippen LogP contribution in [0.1, 0.15) is 15.9 Å². The molecule has 0 aliphatic rings. The zero-order valence-corrected chi connectivity index (χ0v) is 8.64. The fourth-order valence-corrected chi connectivity index (χ4v) is 1.28. The van der Waals surface area contributed by atoms with Crippen molar-refractivity contribution in [3.05, 3.63) is 34.3 Å². The second-order valence-corrected chi connectivity index (χ2v) is 3.38. The van der Waals surface area contributed by atoms with Crippen molar-refractivity contribution in [1.82, 2.24) is 5.32 Å². The lowest BCUT2D eigenvalue weighted by Crippen LogP contribution is -2.26. The van der Waals surface area contributed by atoms with Crippen LogP contribution in [0.2, 0.25) is 5.02 Å². The summed E-state index contributed by atoms with van der Waals surface area (Å²) in [4.78, 5) is 11.5. The second kappa shape index (κ2) is 4.98. The van der Waals surface area contributed by atoms with Gasteiger partial charge in [0.2, 0.25) is 0 Å². The molecule has 0 saturated carbocycles. The van der Waals surface area contributed by atoms with E-state index in [9.17, 15) is 4.79 Å². The van der Waals surface area contributed by atoms with E-state index >= 15 is 0 Å². The standard InChI is InChI=1S/C10H12ClNO2/c1-7-2-3-8(11)6-9(7)10(14)12-4-5-13/h2-3,6,13H,4-5H2,1H3,(H,12,14). The van der Waals surface area contributed by atoms with Gasteiger partial charge in [0.25, 0.3) is 5.91 Å². The Balaban J connectivity index is 2.83. The van der Waals surface area contributed by atoms with Gasteiger partial charge in [-0.05, 0) is 24.6 Å². The largest absolute Gasteiger partial charge is 0.395 e. The number of aliphatic hydroxyl groups excluding tert-OH is 1. The van der Waals surface area contributed by atoms with Gasteiger partial charge in [-0.15, -0.1) is 0 Å². The van der Waals surface area contributed by atoms with E-state index in [4.69, 9.17) is 16.7 Å². The molecule has 2 N–H and O–H groups in total. The molecule has 0 heterocycles. The predicted octanol–water partition coefficient (Wildman–Crippen LogP) is 1.37. The van der Waals surface area contributed by atoms with Gasteiger partial charge in [0.15, 0.2) is 0 Å². The average Bonchev–Trinajstić information content (AvgIpc) is 2.18. The van der Waals surface area contributed by atoms with Crippen LogP contribution in [-0.2, 0) is 0 Å². The van der Waals surface area contributed by atoms with E-state index in [1.165, 1.54) is 0 Å². The molecule has 0 atom stereocenters. The maximum absolute atomic E-state index is 11.5. The number of hydrogen-bond donors (Lipinski definition) is 2. The SMILES string of the molecule is Cc1ccc(Cl)cc1C(=O)NCCO. The molecule has 0 fully saturated rings. The van der Waals surface area contributed by atoms with Gasteiger partial charge in [0.05, 0.1) is 6.61 Å². The van der Waals surface area contributed by atoms with E-state index in [0.29, 0.717) is 10.6 Å². The van der Waals surface area contributed by atoms with Crippen LogP contribution in [0, 0.1) is 6.92 Å². The lowest BCUT2D eigenvalue weighted by Gasteiger charge is -2.06. The molecular weight excluding hydrogens is 202 g/mol. The van der Waals surface area contributed by atoms with Crippen molar-refractivity contribution in [1.29, 1.82) is 0 Å². The average molecular weight is 214 g/mol. The Morgan fingerprint density at radius 2 is 2.29 bits per heavy atom. The lowest BCUT2D eigenvalue weighted by atomic mass is 10.1. The van der Waals surface area contributed by atoms with Crippen LogP contribution in [0.4, 0.5) is 0 Å². The van der Waals surface area contributed by atoms with Crippen LogP contribution < -0.4 is 5.32 Å². The maximum Gasteiger partial charge on any atom is 0.251 e. The summed E-state index contributed by atoms with van der Waals surface area (Å²) in [6.45, 7) is 2.03. The first-order valence-electron chi connectivity index (χ1n) is 4.30. The fourth-order valence-electron chi connectivity index (χ4n) is 1.10. The first-order chi connectivity index (χ1) is 6.65. The fraction of sp³-hybridized carbons (Fsp3) is 0.300. The van der Waals surface area contributed by atoms with Gasteiger partial charge in [0, 0.05) is 17.1 Å². The molecule has 0 aliphatic carbocycles. The molecule has 0 bridgehead atoms. The molecule has 1 rings (SSSR count). The minimum absolute atomic E-state index is 0.0641. The van der Waals surface area contributed by atoms with Gasteiger partial charge in [0.1, 0.15) is 0 Å². The highest BCUT2D eigenvalue weighted by atomic mass is 35.5. The van der Waals surface area contributed by atoms with Crippen molar-refractivity contribution < 1.29 is 9.90 Å². The molecule has 0 aliphatic heterocycles. The number of carbonyl (C=O) groups is 1. The summed E-state index contributed by atoms with van der Waals surface area (Å²) < 4.78 is 0. The molecule has 3 nitrogen and oxygen atoms in total. The Bertz CT molecular complexity index is 339. The van der Waals surface area contributed by atoms with E-state index in [2.05, 4.69) is 5.32 Å². The predicted molar refractivity (Wildman–Crippen MR) is 55.6 cm³/mol. The summed E-state index contributed by atoms with van der Waals surface area (Å²) in [7, 11) is 0. The number of amides is 1. The molecule has 76 valence electrons. The summed E-state index contributed by atoms with van der Waals surface area (Å²) in [5.74, 6) is -0.209. The Labute approximate surface area is 87.7 Å². The maximum atomic E-state index is 11.5. The van der Waals surface area contributed by atoms with Crippen molar-refractivity contribution in [2.75, 3.05) is 13.2 Å². The van der Waals surface area contributed by atoms with Crippen LogP contribution in [0.3, 0.4) is 0 Å². The third kappa shape index (κ3) is 2.72. The summed E-state index contributed by atoms with van der Waals surface area (Å²) >= 11 is 5.77. The second-order valence-electron chi connectivity index (χ2n) is 2.94. The number of aryl methyl sites for hydroxylation is 1. The van der Waals surface area contributed by atoms with Crippen molar-refractivity contribution in [2.24, 2.45) is 0 Å². The number of halogens is 1. The molecule has 14 heavy (non-hydrogen) atoms. The quantitative estimate of drug-likeness (QED) is 0.797. The smallest absolute Gasteiger partial charge is 0.251 e. The van der Waals surface area contributed by atoms with Gasteiger partial charge in [-0.2, -0.15) is 0 Å². The van der Waals surface area contributed by atoms with E-state index in [-0.39, 0.29) is 19.1 Å². The van der Waals surface area contributed by atoms with Gasteiger partial charge >= 0.3 is 0 Å². The molecule has 1 amide bonds. The third-order valence-electron chi connectivity index (χ3n) is 1.84. The summed E-state index contributed by atoms with van der Waals surface area (Å²) in [5, 5.41) is 11.6. The molecule has 0 aromatic heterocycles. The molecule has 1 aromatic carbocycles. The first kappa shape index (κ1) is 11.0. The van der Waals surface area contributed by atoms with E-state index in [0.717, 1.165) is 5.56 Å². The monoisotopic (exact) mass is 213 g/mol. The highest BCUT2D eigenvalue weighted by Gasteiger charge is 2.08. The third-order valence-corrected chi connectivity index (χ3v) is 2.08. The van der Waals surface area contributed by atoms with E-state index in [1.54, 1.807) is 18.2 Å². The van der Waals surface area contributed by atoms with Gasteiger partial charge in [-0.25, -0.2) is 0 Å². The highest BCUT2D eigenvalue weighted by Crippen LogP contribution is 2.14. The summed E-state index contributed by atoms with van der Waals surface area (Å²) in [6, 6.07) is 5.14. The minimum atomic E-state index is -0.209. The number of carbonyl (C=O) groups excluding carboxylic acids is 1. The Morgan fingerprint density at radius 3 is 2.93 bits per heavy atom. The Kier molecular flexibility index (Phi) is 3.92. The number of hydrogen-bond acceptors (Lipinski definition) is 2. The van der Waals surface area contributed by atoms with Gasteiger partial charge in [-0.1, -0.05) is 17.7 Å². The highest BCUT2D eigenvalue weighted by molar-refractivity contribution is 6.31. The molecular formula is C10H12ClNO2. The van der Waals surface area contributed by atoms with Crippen molar-refractivity contribution in [3.8, 4) is 0 Å². The molecule has 0 spiro atoms. The Hall–Kier alpha value is -1.06. The number of benzene rings is 1. The van der Waals surface area contributed by atoms with Crippen LogP contribution in [0.5, 0.6) is 0 Å². The number of nitrogens with one attached hydrogen (secondary N) is 1. The number of aliphatic hydroxyl groups is 1. The topological polar surface area (TPSA) is 49.3 Å². The molecule has 4 heteroatoms. The zero-order chi connectivity index (χ0) is 10.6. The van der Waals surface area contributed by atoms with Gasteiger partial charge in [-0.3, -0.25) is 4.79 Å². The van der Waals surface area contributed by atoms with E-state index < -0.39 is 0 Å². The normalized spacial score (nSPS) is 9.93. The molecule has 1 aromatic rings. The van der Waals surface area contributed by atoms with Crippen molar-refractivity contribution in [2.45, 2.75) is 6.92 Å². The van der Waals surface area contributed by atoms with E-state index in [1.807, 2.05) is 6.92 Å². The van der Waals surface area contributed by atoms with Crippen LogP contribution in [-0.4, -0.2) is 24.2 Å². The Morgan fingerprint density at radius 1 is 1.57 bits per heavy atom. The minimum Gasteiger partial charge on any atom is -0.395 e. The van der Waals surface area contributed by atoms with Crippen LogP contribution in [0.25, 0.3) is 0 Å². The number of rotatable bonds is 3. The lowest BCUT2D eigenvalue weighted by molar-refractivity contribution is 0.0944. The van der Waals surface area contributed by atoms with Crippen LogP contribution in [0.15, 0.2) is 18.2 Å².